The monoisotopic (exact) mass is 329 g/mol. The molecule has 0 aliphatic heterocycles. The van der Waals surface area contributed by atoms with Crippen molar-refractivity contribution >= 4 is 21.9 Å². The summed E-state index contributed by atoms with van der Waals surface area (Å²) >= 11 is 2.96. The minimum atomic E-state index is -5.04. The number of pyridine rings is 1. The maximum Gasteiger partial charge on any atom is 0.573 e. The molecule has 0 spiro atoms. The van der Waals surface area contributed by atoms with E-state index in [2.05, 4.69) is 30.4 Å². The number of methoxy groups -OCH3 is 1. The van der Waals surface area contributed by atoms with Crippen molar-refractivity contribution in [3.63, 3.8) is 0 Å². The van der Waals surface area contributed by atoms with E-state index in [1.807, 2.05) is 0 Å². The normalized spacial score (nSPS) is 11.2. The van der Waals surface area contributed by atoms with Gasteiger partial charge in [-0.05, 0) is 5.56 Å². The average molecular weight is 330 g/mol. The van der Waals surface area contributed by atoms with E-state index >= 15 is 0 Å². The number of carbonyl (C=O) groups is 1. The van der Waals surface area contributed by atoms with E-state index in [1.54, 1.807) is 0 Å². The summed E-state index contributed by atoms with van der Waals surface area (Å²) in [5, 5.41) is 8.96. The first-order valence-electron chi connectivity index (χ1n) is 4.41. The molecule has 0 fully saturated rings. The van der Waals surface area contributed by atoms with Gasteiger partial charge in [-0.1, -0.05) is 15.9 Å². The van der Waals surface area contributed by atoms with E-state index < -0.39 is 29.5 Å². The van der Waals surface area contributed by atoms with Crippen LogP contribution in [0.15, 0.2) is 6.20 Å². The molecule has 0 atom stereocenters. The van der Waals surface area contributed by atoms with Crippen molar-refractivity contribution in [1.82, 2.24) is 4.98 Å². The van der Waals surface area contributed by atoms with Crippen molar-refractivity contribution < 1.29 is 32.5 Å². The second kappa shape index (κ2) is 5.42. The topological polar surface area (TPSA) is 68.7 Å². The number of ether oxygens (including phenoxy) is 2. The summed E-state index contributed by atoms with van der Waals surface area (Å²) < 4.78 is 44.9. The lowest BCUT2D eigenvalue weighted by Gasteiger charge is -2.15. The molecule has 1 N–H and O–H groups in total. The number of rotatable bonds is 4. The number of carboxylic acids is 1. The molecule has 1 aromatic rings. The van der Waals surface area contributed by atoms with E-state index in [0.29, 0.717) is 0 Å². The molecule has 9 heteroatoms. The first kappa shape index (κ1) is 14.6. The Labute approximate surface area is 108 Å². The van der Waals surface area contributed by atoms with E-state index in [-0.39, 0.29) is 10.9 Å². The number of hydrogen-bond acceptors (Lipinski definition) is 4. The van der Waals surface area contributed by atoms with E-state index in [1.165, 1.54) is 0 Å². The summed E-state index contributed by atoms with van der Waals surface area (Å²) in [6.07, 6.45) is -3.94. The lowest BCUT2D eigenvalue weighted by atomic mass is 10.1. The van der Waals surface area contributed by atoms with Crippen LogP contribution in [0.3, 0.4) is 0 Å². The Balaban J connectivity index is 3.45. The van der Waals surface area contributed by atoms with Crippen molar-refractivity contribution in [1.29, 1.82) is 0 Å². The number of halogens is 4. The van der Waals surface area contributed by atoms with Crippen molar-refractivity contribution in [2.75, 3.05) is 7.11 Å². The van der Waals surface area contributed by atoms with Gasteiger partial charge in [-0.3, -0.25) is 0 Å². The lowest BCUT2D eigenvalue weighted by Crippen LogP contribution is -2.20. The predicted molar refractivity (Wildman–Crippen MR) is 57.1 cm³/mol. The van der Waals surface area contributed by atoms with Gasteiger partial charge in [-0.15, -0.1) is 13.2 Å². The molecule has 0 aliphatic rings. The highest BCUT2D eigenvalue weighted by atomic mass is 79.9. The third kappa shape index (κ3) is 3.25. The molecular weight excluding hydrogens is 323 g/mol. The van der Waals surface area contributed by atoms with Crippen LogP contribution in [0, 0.1) is 0 Å². The minimum absolute atomic E-state index is 0.0137. The number of carboxylic acid groups (broad SMARTS) is 1. The Morgan fingerprint density at radius 2 is 2.17 bits per heavy atom. The van der Waals surface area contributed by atoms with E-state index in [0.717, 1.165) is 13.3 Å². The molecule has 0 amide bonds. The van der Waals surface area contributed by atoms with Gasteiger partial charge in [0.05, 0.1) is 7.11 Å². The minimum Gasteiger partial charge on any atom is -0.478 e. The Hall–Kier alpha value is -1.51. The summed E-state index contributed by atoms with van der Waals surface area (Å²) in [5.41, 5.74) is -0.599. The van der Waals surface area contributed by atoms with Gasteiger partial charge in [0.2, 0.25) is 5.75 Å². The number of aromatic nitrogens is 1. The Kier molecular flexibility index (Phi) is 4.38. The van der Waals surface area contributed by atoms with E-state index in [9.17, 15) is 18.0 Å². The zero-order valence-corrected chi connectivity index (χ0v) is 10.5. The molecule has 1 rings (SSSR count). The molecule has 18 heavy (non-hydrogen) atoms. The zero-order valence-electron chi connectivity index (χ0n) is 8.92. The maximum absolute atomic E-state index is 12.2. The van der Waals surface area contributed by atoms with Gasteiger partial charge in [-0.2, -0.15) is 0 Å². The van der Waals surface area contributed by atoms with Crippen LogP contribution < -0.4 is 9.47 Å². The highest BCUT2D eigenvalue weighted by Gasteiger charge is 2.36. The molecule has 0 aromatic carbocycles. The van der Waals surface area contributed by atoms with Gasteiger partial charge in [-0.25, -0.2) is 9.78 Å². The van der Waals surface area contributed by atoms with Crippen molar-refractivity contribution in [2.24, 2.45) is 0 Å². The van der Waals surface area contributed by atoms with E-state index in [4.69, 9.17) is 5.11 Å². The Bertz CT molecular complexity index is 464. The Morgan fingerprint density at radius 1 is 1.56 bits per heavy atom. The quantitative estimate of drug-likeness (QED) is 0.860. The molecule has 0 aliphatic carbocycles. The summed E-state index contributed by atoms with van der Waals surface area (Å²) in [5.74, 6) is -3.08. The molecule has 100 valence electrons. The van der Waals surface area contributed by atoms with Crippen LogP contribution in [0.1, 0.15) is 15.9 Å². The van der Waals surface area contributed by atoms with Gasteiger partial charge >= 0.3 is 12.3 Å². The number of nitrogens with zero attached hydrogens (tertiary/aromatic N) is 1. The van der Waals surface area contributed by atoms with Crippen LogP contribution in [-0.2, 0) is 5.33 Å². The van der Waals surface area contributed by atoms with Crippen LogP contribution in [-0.4, -0.2) is 29.5 Å². The van der Waals surface area contributed by atoms with Gasteiger partial charge < -0.3 is 14.6 Å². The largest absolute Gasteiger partial charge is 0.573 e. The standard InChI is InChI=1S/C9H7BrF3NO4/c1-17-7-6(18-9(11,12)13)5(8(15)16)4(2-10)3-14-7/h3H,2H2,1H3,(H,15,16). The maximum atomic E-state index is 12.2. The second-order valence-corrected chi connectivity index (χ2v) is 3.54. The van der Waals surface area contributed by atoms with Gasteiger partial charge in [0, 0.05) is 11.5 Å². The third-order valence-electron chi connectivity index (χ3n) is 1.85. The van der Waals surface area contributed by atoms with Crippen molar-refractivity contribution in [3.05, 3.63) is 17.3 Å². The fourth-order valence-electron chi connectivity index (χ4n) is 1.20. The van der Waals surface area contributed by atoms with Crippen molar-refractivity contribution in [3.8, 4) is 11.6 Å². The fourth-order valence-corrected chi connectivity index (χ4v) is 1.63. The molecule has 0 radical (unpaired) electrons. The molecule has 0 saturated carbocycles. The van der Waals surface area contributed by atoms with Crippen LogP contribution in [0.25, 0.3) is 0 Å². The van der Waals surface area contributed by atoms with Crippen LogP contribution >= 0.6 is 15.9 Å². The summed E-state index contributed by atoms with van der Waals surface area (Å²) in [4.78, 5) is 14.6. The van der Waals surface area contributed by atoms with Crippen LogP contribution in [0.4, 0.5) is 13.2 Å². The second-order valence-electron chi connectivity index (χ2n) is 2.98. The molecule has 0 bridgehead atoms. The smallest absolute Gasteiger partial charge is 0.478 e. The van der Waals surface area contributed by atoms with Gasteiger partial charge in [0.25, 0.3) is 5.88 Å². The number of alkyl halides is 4. The van der Waals surface area contributed by atoms with Crippen LogP contribution in [0.5, 0.6) is 11.6 Å². The fraction of sp³-hybridized carbons (Fsp3) is 0.333. The molecule has 5 nitrogen and oxygen atoms in total. The highest BCUT2D eigenvalue weighted by molar-refractivity contribution is 9.08. The summed E-state index contributed by atoms with van der Waals surface area (Å²) in [6.45, 7) is 0. The lowest BCUT2D eigenvalue weighted by molar-refractivity contribution is -0.275. The predicted octanol–water partition coefficient (Wildman–Crippen LogP) is 2.58. The summed E-state index contributed by atoms with van der Waals surface area (Å²) in [6, 6.07) is 0. The molecule has 0 saturated heterocycles. The van der Waals surface area contributed by atoms with Gasteiger partial charge in [0.1, 0.15) is 5.56 Å². The highest BCUT2D eigenvalue weighted by Crippen LogP contribution is 2.36. The first-order valence-corrected chi connectivity index (χ1v) is 5.53. The Morgan fingerprint density at radius 3 is 2.56 bits per heavy atom. The molecule has 0 unspecified atom stereocenters. The zero-order chi connectivity index (χ0) is 13.9. The van der Waals surface area contributed by atoms with Crippen molar-refractivity contribution in [2.45, 2.75) is 11.7 Å². The SMILES string of the molecule is COc1ncc(CBr)c(C(=O)O)c1OC(F)(F)F. The number of aromatic carboxylic acids is 1. The molecular formula is C9H7BrF3NO4. The summed E-state index contributed by atoms with van der Waals surface area (Å²) in [7, 11) is 1.06. The molecule has 1 heterocycles. The third-order valence-corrected chi connectivity index (χ3v) is 2.45. The first-order chi connectivity index (χ1) is 8.30. The molecule has 1 aromatic heterocycles. The van der Waals surface area contributed by atoms with Crippen LogP contribution in [0.2, 0.25) is 0 Å². The average Bonchev–Trinajstić information content (AvgIpc) is 2.25. The van der Waals surface area contributed by atoms with Gasteiger partial charge in [0.15, 0.2) is 0 Å². The number of hydrogen-bond donors (Lipinski definition) is 1.